The zero-order valence-electron chi connectivity index (χ0n) is 11.6. The molecule has 0 saturated heterocycles. The monoisotopic (exact) mass is 261 g/mol. The summed E-state index contributed by atoms with van der Waals surface area (Å²) in [4.78, 5) is 11.8. The van der Waals surface area contributed by atoms with E-state index in [-0.39, 0.29) is 5.91 Å². The van der Waals surface area contributed by atoms with Crippen molar-refractivity contribution in [3.8, 4) is 0 Å². The molecule has 2 N–H and O–H groups in total. The quantitative estimate of drug-likeness (QED) is 0.823. The van der Waals surface area contributed by atoms with E-state index < -0.39 is 6.10 Å². The number of fused-ring (bicyclic) bond motifs is 1. The van der Waals surface area contributed by atoms with E-state index in [1.54, 1.807) is 0 Å². The normalized spacial score (nSPS) is 15.1. The predicted octanol–water partition coefficient (Wildman–Crippen LogP) is 2.00. The maximum Gasteiger partial charge on any atom is 0.224 e. The van der Waals surface area contributed by atoms with E-state index in [0.29, 0.717) is 13.0 Å². The van der Waals surface area contributed by atoms with Crippen molar-refractivity contribution >= 4 is 5.91 Å². The molecule has 3 nitrogen and oxygen atoms in total. The Hall–Kier alpha value is -1.35. The van der Waals surface area contributed by atoms with E-state index in [1.165, 1.54) is 24.0 Å². The topological polar surface area (TPSA) is 49.3 Å². The van der Waals surface area contributed by atoms with Crippen LogP contribution in [0.15, 0.2) is 18.2 Å². The Bertz CT molecular complexity index is 442. The van der Waals surface area contributed by atoms with Crippen LogP contribution in [0.1, 0.15) is 42.9 Å². The Balaban J connectivity index is 1.82. The van der Waals surface area contributed by atoms with Crippen molar-refractivity contribution in [3.63, 3.8) is 0 Å². The summed E-state index contributed by atoms with van der Waals surface area (Å²) in [5.41, 5.74) is 3.90. The summed E-state index contributed by atoms with van der Waals surface area (Å²) in [6.45, 7) is 2.38. The Kier molecular flexibility index (Phi) is 4.97. The van der Waals surface area contributed by atoms with Gasteiger partial charge in [0, 0.05) is 6.54 Å². The van der Waals surface area contributed by atoms with Crippen molar-refractivity contribution < 1.29 is 9.90 Å². The average molecular weight is 261 g/mol. The molecule has 1 aromatic carbocycles. The maximum absolute atomic E-state index is 11.8. The van der Waals surface area contributed by atoms with E-state index in [4.69, 9.17) is 0 Å². The van der Waals surface area contributed by atoms with Gasteiger partial charge in [-0.3, -0.25) is 4.79 Å². The van der Waals surface area contributed by atoms with Gasteiger partial charge in [-0.1, -0.05) is 31.5 Å². The Morgan fingerprint density at radius 2 is 2.16 bits per heavy atom. The van der Waals surface area contributed by atoms with Crippen LogP contribution < -0.4 is 5.32 Å². The van der Waals surface area contributed by atoms with Gasteiger partial charge in [-0.2, -0.15) is 0 Å². The second-order valence-corrected chi connectivity index (χ2v) is 5.38. The lowest BCUT2D eigenvalue weighted by Crippen LogP contribution is -2.33. The van der Waals surface area contributed by atoms with Crippen molar-refractivity contribution in [1.82, 2.24) is 5.32 Å². The highest BCUT2D eigenvalue weighted by atomic mass is 16.3. The number of carbonyl (C=O) groups excluding carboxylic acids is 1. The van der Waals surface area contributed by atoms with Gasteiger partial charge in [-0.05, 0) is 42.4 Å². The fourth-order valence-electron chi connectivity index (χ4n) is 2.65. The molecule has 1 amide bonds. The zero-order valence-corrected chi connectivity index (χ0v) is 11.6. The molecule has 19 heavy (non-hydrogen) atoms. The Morgan fingerprint density at radius 3 is 2.95 bits per heavy atom. The SMILES string of the molecule is CCCC(O)CNC(=O)Cc1ccc2c(c1)CCC2. The minimum Gasteiger partial charge on any atom is -0.391 e. The number of nitrogens with one attached hydrogen (secondary N) is 1. The maximum atomic E-state index is 11.8. The number of hydrogen-bond donors (Lipinski definition) is 2. The molecule has 1 aliphatic rings. The number of amides is 1. The lowest BCUT2D eigenvalue weighted by atomic mass is 10.0. The summed E-state index contributed by atoms with van der Waals surface area (Å²) in [6.07, 6.45) is 5.20. The van der Waals surface area contributed by atoms with Crippen LogP contribution in [0.2, 0.25) is 0 Å². The van der Waals surface area contributed by atoms with Crippen molar-refractivity contribution in [2.24, 2.45) is 0 Å². The van der Waals surface area contributed by atoms with Crippen molar-refractivity contribution in [2.45, 2.75) is 51.6 Å². The molecule has 0 spiro atoms. The third kappa shape index (κ3) is 4.06. The Morgan fingerprint density at radius 1 is 1.37 bits per heavy atom. The van der Waals surface area contributed by atoms with Crippen molar-refractivity contribution in [2.75, 3.05) is 6.54 Å². The van der Waals surface area contributed by atoms with Gasteiger partial charge >= 0.3 is 0 Å². The fourth-order valence-corrected chi connectivity index (χ4v) is 2.65. The molecular formula is C16H23NO2. The number of aliphatic hydroxyl groups is 1. The van der Waals surface area contributed by atoms with E-state index in [2.05, 4.69) is 17.4 Å². The second-order valence-electron chi connectivity index (χ2n) is 5.38. The highest BCUT2D eigenvalue weighted by molar-refractivity contribution is 5.78. The molecule has 0 radical (unpaired) electrons. The van der Waals surface area contributed by atoms with E-state index in [9.17, 15) is 9.90 Å². The summed E-state index contributed by atoms with van der Waals surface area (Å²) in [6, 6.07) is 6.35. The lowest BCUT2D eigenvalue weighted by molar-refractivity contribution is -0.120. The van der Waals surface area contributed by atoms with Gasteiger partial charge < -0.3 is 10.4 Å². The molecular weight excluding hydrogens is 238 g/mol. The molecule has 0 saturated carbocycles. The number of aliphatic hydroxyl groups excluding tert-OH is 1. The third-order valence-electron chi connectivity index (χ3n) is 3.68. The minimum atomic E-state index is -0.422. The molecule has 1 atom stereocenters. The highest BCUT2D eigenvalue weighted by Crippen LogP contribution is 2.22. The molecule has 104 valence electrons. The molecule has 0 aromatic heterocycles. The highest BCUT2D eigenvalue weighted by Gasteiger charge is 2.12. The van der Waals surface area contributed by atoms with Crippen LogP contribution in [0, 0.1) is 0 Å². The molecule has 1 unspecified atom stereocenters. The van der Waals surface area contributed by atoms with Crippen LogP contribution in [0.25, 0.3) is 0 Å². The third-order valence-corrected chi connectivity index (χ3v) is 3.68. The van der Waals surface area contributed by atoms with Gasteiger partial charge in [0.15, 0.2) is 0 Å². The Labute approximate surface area is 115 Å². The minimum absolute atomic E-state index is 0.00639. The second kappa shape index (κ2) is 6.71. The number of aryl methyl sites for hydroxylation is 2. The van der Waals surface area contributed by atoms with Gasteiger partial charge in [-0.15, -0.1) is 0 Å². The molecule has 2 rings (SSSR count). The van der Waals surface area contributed by atoms with Crippen LogP contribution in [-0.2, 0) is 24.1 Å². The first-order chi connectivity index (χ1) is 9.19. The number of rotatable bonds is 6. The molecule has 3 heteroatoms. The van der Waals surface area contributed by atoms with Gasteiger partial charge in [0.05, 0.1) is 12.5 Å². The van der Waals surface area contributed by atoms with Crippen LogP contribution in [0.5, 0.6) is 0 Å². The largest absolute Gasteiger partial charge is 0.391 e. The van der Waals surface area contributed by atoms with Crippen LogP contribution in [0.4, 0.5) is 0 Å². The van der Waals surface area contributed by atoms with Crippen LogP contribution in [0.3, 0.4) is 0 Å². The van der Waals surface area contributed by atoms with Crippen LogP contribution >= 0.6 is 0 Å². The summed E-state index contributed by atoms with van der Waals surface area (Å²) in [5.74, 6) is -0.00639. The average Bonchev–Trinajstić information content (AvgIpc) is 2.84. The molecule has 0 bridgehead atoms. The van der Waals surface area contributed by atoms with Crippen LogP contribution in [-0.4, -0.2) is 23.7 Å². The lowest BCUT2D eigenvalue weighted by Gasteiger charge is -2.11. The molecule has 0 heterocycles. The van der Waals surface area contributed by atoms with Gasteiger partial charge in [0.2, 0.25) is 5.91 Å². The molecule has 1 aromatic rings. The number of carbonyl (C=O) groups is 1. The summed E-state index contributed by atoms with van der Waals surface area (Å²) < 4.78 is 0. The molecule has 1 aliphatic carbocycles. The first-order valence-corrected chi connectivity index (χ1v) is 7.24. The number of hydrogen-bond acceptors (Lipinski definition) is 2. The van der Waals surface area contributed by atoms with Crippen molar-refractivity contribution in [3.05, 3.63) is 34.9 Å². The number of benzene rings is 1. The van der Waals surface area contributed by atoms with E-state index >= 15 is 0 Å². The van der Waals surface area contributed by atoms with Gasteiger partial charge in [0.1, 0.15) is 0 Å². The smallest absolute Gasteiger partial charge is 0.224 e. The fraction of sp³-hybridized carbons (Fsp3) is 0.562. The van der Waals surface area contributed by atoms with Gasteiger partial charge in [-0.25, -0.2) is 0 Å². The first-order valence-electron chi connectivity index (χ1n) is 7.24. The molecule has 0 fully saturated rings. The summed E-state index contributed by atoms with van der Waals surface area (Å²) in [7, 11) is 0. The standard InChI is InChI=1S/C16H23NO2/c1-2-4-15(18)11-17-16(19)10-12-7-8-13-5-3-6-14(13)9-12/h7-9,15,18H,2-6,10-11H2,1H3,(H,17,19). The summed E-state index contributed by atoms with van der Waals surface area (Å²) in [5, 5.41) is 12.4. The summed E-state index contributed by atoms with van der Waals surface area (Å²) >= 11 is 0. The zero-order chi connectivity index (χ0) is 13.7. The molecule has 0 aliphatic heterocycles. The van der Waals surface area contributed by atoms with E-state index in [1.807, 2.05) is 13.0 Å². The van der Waals surface area contributed by atoms with E-state index in [0.717, 1.165) is 24.8 Å². The first kappa shape index (κ1) is 14.1. The predicted molar refractivity (Wildman–Crippen MR) is 76.1 cm³/mol. The van der Waals surface area contributed by atoms with Gasteiger partial charge in [0.25, 0.3) is 0 Å². The van der Waals surface area contributed by atoms with Crippen molar-refractivity contribution in [1.29, 1.82) is 0 Å².